The zero-order valence-electron chi connectivity index (χ0n) is 4.08. The van der Waals surface area contributed by atoms with Crippen LogP contribution in [0.1, 0.15) is 15.2 Å². The van der Waals surface area contributed by atoms with E-state index in [-0.39, 0.29) is 0 Å². The van der Waals surface area contributed by atoms with Gasteiger partial charge in [0, 0.05) is 0 Å². The van der Waals surface area contributed by atoms with Crippen molar-refractivity contribution in [3.8, 4) is 0 Å². The van der Waals surface area contributed by atoms with Gasteiger partial charge >= 0.3 is 0 Å². The minimum atomic E-state index is 1.05. The lowest BCUT2D eigenvalue weighted by Gasteiger charge is -1.65. The molecule has 0 saturated heterocycles. The van der Waals surface area contributed by atoms with Crippen molar-refractivity contribution in [3.05, 3.63) is 12.1 Å². The second-order valence-corrected chi connectivity index (χ2v) is 1.08. The molecule has 4 heavy (non-hydrogen) atoms. The fourth-order valence-corrected chi connectivity index (χ4v) is 0. The third-order valence-corrected chi connectivity index (χ3v) is 0. The molecule has 0 rings (SSSR count). The summed E-state index contributed by atoms with van der Waals surface area (Å²) in [5, 5.41) is 0. The Hall–Kier alpha value is -0.260. The van der Waals surface area contributed by atoms with E-state index in [2.05, 4.69) is 0 Å². The predicted octanol–water partition coefficient (Wildman–Crippen LogP) is 1.58. The van der Waals surface area contributed by atoms with Gasteiger partial charge in [-0.1, -0.05) is 5.57 Å². The summed E-state index contributed by atoms with van der Waals surface area (Å²) in [4.78, 5) is 0. The van der Waals surface area contributed by atoms with E-state index < -0.39 is 0 Å². The fourth-order valence-electron chi connectivity index (χ4n) is 0. The van der Waals surface area contributed by atoms with Gasteiger partial charge in [-0.25, -0.2) is 0 Å². The predicted molar refractivity (Wildman–Crippen MR) is 20.5 cm³/mol. The Bertz CT molecular complexity index is 41.6. The lowest BCUT2D eigenvalue weighted by atomic mass is 10.4. The van der Waals surface area contributed by atoms with Crippen LogP contribution in [-0.4, -0.2) is 0 Å². The van der Waals surface area contributed by atoms with Crippen molar-refractivity contribution >= 4 is 0 Å². The summed E-state index contributed by atoms with van der Waals surface area (Å²) in [7, 11) is 0. The van der Waals surface area contributed by atoms with Gasteiger partial charge in [0.05, 0.1) is 1.37 Å². The van der Waals surface area contributed by atoms with Gasteiger partial charge in [-0.05, 0) is 13.8 Å². The van der Waals surface area contributed by atoms with Crippen molar-refractivity contribution in [1.82, 2.24) is 0 Å². The highest BCUT2D eigenvalue weighted by molar-refractivity contribution is 4.78. The van der Waals surface area contributed by atoms with Crippen molar-refractivity contribution in [2.45, 2.75) is 13.8 Å². The molecule has 0 bridgehead atoms. The molecule has 0 nitrogen and oxygen atoms in total. The van der Waals surface area contributed by atoms with Crippen LogP contribution in [0.4, 0.5) is 0 Å². The molecule has 0 aliphatic rings. The fraction of sp³-hybridized carbons (Fsp3) is 0.500. The molecule has 0 unspecified atom stereocenters. The molecule has 0 atom stereocenters. The molecule has 0 aliphatic carbocycles. The van der Waals surface area contributed by atoms with Crippen LogP contribution in [0.3, 0.4) is 0 Å². The molecule has 0 radical (unpaired) electrons. The van der Waals surface area contributed by atoms with Gasteiger partial charge in [0.15, 0.2) is 0 Å². The minimum absolute atomic E-state index is 1.05. The summed E-state index contributed by atoms with van der Waals surface area (Å²) in [5.74, 6) is 0. The number of hydrogen-bond acceptors (Lipinski definition) is 0. The van der Waals surface area contributed by atoms with Crippen LogP contribution in [0.15, 0.2) is 12.1 Å². The first-order valence-corrected chi connectivity index (χ1v) is 1.29. The molecule has 0 spiro atoms. The third-order valence-electron chi connectivity index (χ3n) is 0. The topological polar surface area (TPSA) is 0 Å². The smallest absolute Gasteiger partial charge is 0.0537 e. The van der Waals surface area contributed by atoms with Crippen LogP contribution in [0.25, 0.3) is 0 Å². The monoisotopic (exact) mass is 57.1 g/mol. The van der Waals surface area contributed by atoms with E-state index in [4.69, 9.17) is 1.37 Å². The molecular formula is C4H8. The Morgan fingerprint density at radius 1 is 2.00 bits per heavy atom. The van der Waals surface area contributed by atoms with Crippen LogP contribution in [0, 0.1) is 0 Å². The molecule has 0 N–H and O–H groups in total. The standard InChI is InChI=1S/C4H8/c1-4(2)3/h1H2,2-3H3/i1D. The lowest BCUT2D eigenvalue weighted by molar-refractivity contribution is 1.42. The molecule has 0 heteroatoms. The number of hydrogen-bond donors (Lipinski definition) is 0. The van der Waals surface area contributed by atoms with E-state index in [0.717, 1.165) is 5.57 Å². The summed E-state index contributed by atoms with van der Waals surface area (Å²) in [6.07, 6.45) is 0. The van der Waals surface area contributed by atoms with Gasteiger partial charge in [-0.3, -0.25) is 0 Å². The average Bonchev–Trinajstić information content (AvgIpc) is 1.38. The summed E-state index contributed by atoms with van der Waals surface area (Å²) in [5.41, 5.74) is 1.05. The SMILES string of the molecule is [2H]C=C(C)C. The van der Waals surface area contributed by atoms with Gasteiger partial charge in [-0.2, -0.15) is 0 Å². The quantitative estimate of drug-likeness (QED) is 0.370. The van der Waals surface area contributed by atoms with Crippen molar-refractivity contribution < 1.29 is 1.37 Å². The Morgan fingerprint density at radius 3 is 2.25 bits per heavy atom. The Labute approximate surface area is 28.5 Å². The largest absolute Gasteiger partial charge is 0.100 e. The molecule has 0 saturated carbocycles. The van der Waals surface area contributed by atoms with Crippen molar-refractivity contribution in [1.29, 1.82) is 0 Å². The molecule has 0 fully saturated rings. The first kappa shape index (κ1) is 2.01. The van der Waals surface area contributed by atoms with Crippen molar-refractivity contribution in [3.63, 3.8) is 0 Å². The maximum Gasteiger partial charge on any atom is 0.0537 e. The Balaban J connectivity index is 3.14. The summed E-state index contributed by atoms with van der Waals surface area (Å²) in [6.45, 7) is 5.12. The first-order valence-electron chi connectivity index (χ1n) is 1.87. The second kappa shape index (κ2) is 1.10. The highest BCUT2D eigenvalue weighted by Gasteiger charge is 1.51. The van der Waals surface area contributed by atoms with Crippen molar-refractivity contribution in [2.24, 2.45) is 0 Å². The van der Waals surface area contributed by atoms with Crippen LogP contribution >= 0.6 is 0 Å². The highest BCUT2D eigenvalue weighted by Crippen LogP contribution is 1.73. The maximum atomic E-state index is 6.50. The Morgan fingerprint density at radius 2 is 2.25 bits per heavy atom. The maximum absolute atomic E-state index is 6.50. The van der Waals surface area contributed by atoms with E-state index in [9.17, 15) is 0 Å². The van der Waals surface area contributed by atoms with Gasteiger partial charge in [-0.15, -0.1) is 6.55 Å². The summed E-state index contributed by atoms with van der Waals surface area (Å²) in [6, 6.07) is 0. The molecule has 0 aromatic heterocycles. The van der Waals surface area contributed by atoms with E-state index in [1.165, 1.54) is 6.55 Å². The van der Waals surface area contributed by atoms with Gasteiger partial charge < -0.3 is 0 Å². The minimum Gasteiger partial charge on any atom is -0.100 e. The van der Waals surface area contributed by atoms with Crippen molar-refractivity contribution in [2.75, 3.05) is 0 Å². The lowest BCUT2D eigenvalue weighted by Crippen LogP contribution is -1.43. The summed E-state index contributed by atoms with van der Waals surface area (Å²) >= 11 is 0. The van der Waals surface area contributed by atoms with Gasteiger partial charge in [0.1, 0.15) is 0 Å². The molecule has 0 heterocycles. The average molecular weight is 57.1 g/mol. The van der Waals surface area contributed by atoms with Crippen LogP contribution in [0.2, 0.25) is 0 Å². The number of allylic oxidation sites excluding steroid dienone is 1. The van der Waals surface area contributed by atoms with Crippen LogP contribution < -0.4 is 0 Å². The third kappa shape index (κ3) is 14.1. The van der Waals surface area contributed by atoms with Gasteiger partial charge in [0.2, 0.25) is 0 Å². The van der Waals surface area contributed by atoms with Gasteiger partial charge in [0.25, 0.3) is 0 Å². The zero-order chi connectivity index (χ0) is 4.28. The van der Waals surface area contributed by atoms with E-state index in [1.54, 1.807) is 0 Å². The first-order chi connectivity index (χ1) is 2.27. The van der Waals surface area contributed by atoms with Crippen LogP contribution in [-0.2, 0) is 0 Å². The molecule has 0 amide bonds. The molecule has 24 valence electrons. The normalized spacial score (nSPS) is 9.00. The molecule has 0 aliphatic heterocycles. The molecule has 0 aromatic carbocycles. The highest BCUT2D eigenvalue weighted by atomic mass is 13.6. The number of rotatable bonds is 0. The zero-order valence-corrected chi connectivity index (χ0v) is 3.08. The molecular weight excluding hydrogens is 48.0 g/mol. The summed E-state index contributed by atoms with van der Waals surface area (Å²) < 4.78 is 6.50. The van der Waals surface area contributed by atoms with Crippen LogP contribution in [0.5, 0.6) is 0 Å². The van der Waals surface area contributed by atoms with E-state index >= 15 is 0 Å². The molecule has 0 aromatic rings. The van der Waals surface area contributed by atoms with E-state index in [1.807, 2.05) is 13.8 Å². The second-order valence-electron chi connectivity index (χ2n) is 1.08. The van der Waals surface area contributed by atoms with E-state index in [0.29, 0.717) is 0 Å². The Kier molecular flexibility index (Phi) is 0.555.